The van der Waals surface area contributed by atoms with Crippen LogP contribution in [0.1, 0.15) is 56.8 Å². The molecule has 1 N–H and O–H groups in total. The lowest BCUT2D eigenvalue weighted by Crippen LogP contribution is -2.20. The zero-order chi connectivity index (χ0) is 17.9. The van der Waals surface area contributed by atoms with Gasteiger partial charge in [-0.15, -0.1) is 0 Å². The first kappa shape index (κ1) is 17.7. The number of hydrogen-bond acceptors (Lipinski definition) is 1. The first-order chi connectivity index (χ1) is 12.0. The first-order valence-corrected chi connectivity index (χ1v) is 9.29. The summed E-state index contributed by atoms with van der Waals surface area (Å²) in [7, 11) is 0. The Morgan fingerprint density at radius 1 is 0.840 bits per heavy atom. The maximum absolute atomic E-state index is 3.75. The van der Waals surface area contributed by atoms with Crippen molar-refractivity contribution in [3.8, 4) is 0 Å². The molecule has 0 bridgehead atoms. The van der Waals surface area contributed by atoms with Gasteiger partial charge in [0, 0.05) is 12.6 Å². The zero-order valence-corrected chi connectivity index (χ0v) is 15.8. The van der Waals surface area contributed by atoms with Gasteiger partial charge in [0.2, 0.25) is 0 Å². The predicted molar refractivity (Wildman–Crippen MR) is 109 cm³/mol. The van der Waals surface area contributed by atoms with E-state index in [0.717, 1.165) is 13.0 Å². The molecule has 0 saturated carbocycles. The summed E-state index contributed by atoms with van der Waals surface area (Å²) in [6, 6.07) is 24.7. The van der Waals surface area contributed by atoms with Crippen LogP contribution < -0.4 is 5.32 Å². The van der Waals surface area contributed by atoms with E-state index in [2.05, 4.69) is 99.7 Å². The molecule has 1 unspecified atom stereocenters. The standard InChI is InChI=1S/C24H29N/c1-5-23(22-12-8-10-19-9-6-7-11-21(19)22)25-17-18-13-15-20(16-14-18)24(2,3)4/h6-16,23,25H,5,17H2,1-4H3. The van der Waals surface area contributed by atoms with Gasteiger partial charge >= 0.3 is 0 Å². The Morgan fingerprint density at radius 2 is 1.52 bits per heavy atom. The quantitative estimate of drug-likeness (QED) is 0.572. The van der Waals surface area contributed by atoms with Crippen molar-refractivity contribution in [1.29, 1.82) is 0 Å². The van der Waals surface area contributed by atoms with E-state index < -0.39 is 0 Å². The summed E-state index contributed by atoms with van der Waals surface area (Å²) in [5.74, 6) is 0. The van der Waals surface area contributed by atoms with E-state index in [1.54, 1.807) is 0 Å². The van der Waals surface area contributed by atoms with Crippen LogP contribution in [0.15, 0.2) is 66.7 Å². The minimum Gasteiger partial charge on any atom is -0.306 e. The molecule has 0 heterocycles. The molecule has 3 rings (SSSR count). The van der Waals surface area contributed by atoms with E-state index in [0.29, 0.717) is 6.04 Å². The fraction of sp³-hybridized carbons (Fsp3) is 0.333. The molecule has 0 fully saturated rings. The highest BCUT2D eigenvalue weighted by molar-refractivity contribution is 5.86. The molecule has 3 aromatic carbocycles. The molecular weight excluding hydrogens is 302 g/mol. The molecule has 0 aliphatic carbocycles. The molecule has 0 amide bonds. The van der Waals surface area contributed by atoms with Gasteiger partial charge in [-0.2, -0.15) is 0 Å². The van der Waals surface area contributed by atoms with Gasteiger partial charge < -0.3 is 5.32 Å². The average molecular weight is 332 g/mol. The molecule has 0 saturated heterocycles. The van der Waals surface area contributed by atoms with Gasteiger partial charge in [-0.3, -0.25) is 0 Å². The normalized spacial score (nSPS) is 13.1. The lowest BCUT2D eigenvalue weighted by atomic mass is 9.87. The number of fused-ring (bicyclic) bond motifs is 1. The number of nitrogens with one attached hydrogen (secondary N) is 1. The Kier molecular flexibility index (Phi) is 5.24. The smallest absolute Gasteiger partial charge is 0.0326 e. The van der Waals surface area contributed by atoms with Gasteiger partial charge in [0.1, 0.15) is 0 Å². The van der Waals surface area contributed by atoms with Gasteiger partial charge in [-0.05, 0) is 39.3 Å². The summed E-state index contributed by atoms with van der Waals surface area (Å²) >= 11 is 0. The fourth-order valence-electron chi connectivity index (χ4n) is 3.39. The van der Waals surface area contributed by atoms with E-state index in [4.69, 9.17) is 0 Å². The second-order valence-corrected chi connectivity index (χ2v) is 7.86. The van der Waals surface area contributed by atoms with Gasteiger partial charge in [0.15, 0.2) is 0 Å². The van der Waals surface area contributed by atoms with Gasteiger partial charge in [0.05, 0.1) is 0 Å². The molecule has 0 radical (unpaired) electrons. The average Bonchev–Trinajstić information content (AvgIpc) is 2.62. The van der Waals surface area contributed by atoms with Crippen molar-refractivity contribution in [3.63, 3.8) is 0 Å². The van der Waals surface area contributed by atoms with Crippen LogP contribution in [0.3, 0.4) is 0 Å². The number of hydrogen-bond donors (Lipinski definition) is 1. The second-order valence-electron chi connectivity index (χ2n) is 7.86. The van der Waals surface area contributed by atoms with E-state index in [1.165, 1.54) is 27.5 Å². The molecule has 0 spiro atoms. The van der Waals surface area contributed by atoms with E-state index in [-0.39, 0.29) is 5.41 Å². The number of rotatable bonds is 5. The minimum atomic E-state index is 0.209. The van der Waals surface area contributed by atoms with Crippen LogP contribution >= 0.6 is 0 Å². The Hall–Kier alpha value is -2.12. The molecule has 0 aromatic heterocycles. The summed E-state index contributed by atoms with van der Waals surface area (Å²) in [5, 5.41) is 6.42. The molecule has 25 heavy (non-hydrogen) atoms. The Labute approximate surface area is 152 Å². The monoisotopic (exact) mass is 331 g/mol. The molecular formula is C24H29N. The summed E-state index contributed by atoms with van der Waals surface area (Å²) in [6.07, 6.45) is 1.08. The Balaban J connectivity index is 1.76. The molecule has 130 valence electrons. The summed E-state index contributed by atoms with van der Waals surface area (Å²) in [4.78, 5) is 0. The third-order valence-electron chi connectivity index (χ3n) is 4.98. The zero-order valence-electron chi connectivity index (χ0n) is 15.8. The topological polar surface area (TPSA) is 12.0 Å². The van der Waals surface area contributed by atoms with Crippen LogP contribution in [0, 0.1) is 0 Å². The van der Waals surface area contributed by atoms with Crippen molar-refractivity contribution in [2.75, 3.05) is 0 Å². The minimum absolute atomic E-state index is 0.209. The second kappa shape index (κ2) is 7.41. The summed E-state index contributed by atoms with van der Waals surface area (Å²) in [6.45, 7) is 9.92. The number of benzene rings is 3. The van der Waals surface area contributed by atoms with Crippen LogP contribution in [0.25, 0.3) is 10.8 Å². The van der Waals surface area contributed by atoms with Crippen LogP contribution in [0.2, 0.25) is 0 Å². The van der Waals surface area contributed by atoms with Gasteiger partial charge in [-0.25, -0.2) is 0 Å². The van der Waals surface area contributed by atoms with Crippen LogP contribution in [-0.4, -0.2) is 0 Å². The van der Waals surface area contributed by atoms with Gasteiger partial charge in [-0.1, -0.05) is 94.4 Å². The van der Waals surface area contributed by atoms with Crippen molar-refractivity contribution < 1.29 is 0 Å². The maximum atomic E-state index is 3.75. The lowest BCUT2D eigenvalue weighted by molar-refractivity contribution is 0.521. The van der Waals surface area contributed by atoms with E-state index in [1.807, 2.05) is 0 Å². The molecule has 1 atom stereocenters. The first-order valence-electron chi connectivity index (χ1n) is 9.29. The molecule has 1 nitrogen and oxygen atoms in total. The van der Waals surface area contributed by atoms with E-state index in [9.17, 15) is 0 Å². The van der Waals surface area contributed by atoms with Gasteiger partial charge in [0.25, 0.3) is 0 Å². The third kappa shape index (κ3) is 4.11. The molecule has 1 heteroatoms. The highest BCUT2D eigenvalue weighted by Gasteiger charge is 2.14. The largest absolute Gasteiger partial charge is 0.306 e. The molecule has 0 aliphatic rings. The van der Waals surface area contributed by atoms with Crippen LogP contribution in [-0.2, 0) is 12.0 Å². The van der Waals surface area contributed by atoms with Crippen LogP contribution in [0.4, 0.5) is 0 Å². The van der Waals surface area contributed by atoms with Crippen molar-refractivity contribution in [3.05, 3.63) is 83.4 Å². The van der Waals surface area contributed by atoms with Crippen molar-refractivity contribution >= 4 is 10.8 Å². The van der Waals surface area contributed by atoms with Crippen LogP contribution in [0.5, 0.6) is 0 Å². The van der Waals surface area contributed by atoms with Crippen molar-refractivity contribution in [1.82, 2.24) is 5.32 Å². The summed E-state index contributed by atoms with van der Waals surface area (Å²) < 4.78 is 0. The highest BCUT2D eigenvalue weighted by Crippen LogP contribution is 2.27. The summed E-state index contributed by atoms with van der Waals surface area (Å²) in [5.41, 5.74) is 4.33. The Morgan fingerprint density at radius 3 is 2.20 bits per heavy atom. The predicted octanol–water partition coefficient (Wildman–Crippen LogP) is 6.38. The van der Waals surface area contributed by atoms with Crippen molar-refractivity contribution in [2.45, 2.75) is 52.1 Å². The highest BCUT2D eigenvalue weighted by atomic mass is 14.9. The fourth-order valence-corrected chi connectivity index (χ4v) is 3.39. The Bertz CT molecular complexity index is 819. The third-order valence-corrected chi connectivity index (χ3v) is 4.98. The SMILES string of the molecule is CCC(NCc1ccc(C(C)(C)C)cc1)c1cccc2ccccc12. The molecule has 0 aliphatic heterocycles. The van der Waals surface area contributed by atoms with Crippen molar-refractivity contribution in [2.24, 2.45) is 0 Å². The lowest BCUT2D eigenvalue weighted by Gasteiger charge is -2.21. The molecule has 3 aromatic rings. The van der Waals surface area contributed by atoms with E-state index >= 15 is 0 Å². The maximum Gasteiger partial charge on any atom is 0.0326 e.